The van der Waals surface area contributed by atoms with Gasteiger partial charge in [-0.2, -0.15) is 9.57 Å². The fourth-order valence-electron chi connectivity index (χ4n) is 3.75. The molecule has 1 amide bonds. The number of benzene rings is 1. The van der Waals surface area contributed by atoms with Crippen molar-refractivity contribution in [1.82, 2.24) is 4.31 Å². The number of nitriles is 1. The number of sulfonamides is 1. The number of anilines is 1. The van der Waals surface area contributed by atoms with Gasteiger partial charge in [-0.25, -0.2) is 8.42 Å². The Balaban J connectivity index is 1.79. The van der Waals surface area contributed by atoms with Crippen LogP contribution in [0.3, 0.4) is 0 Å². The summed E-state index contributed by atoms with van der Waals surface area (Å²) in [6.07, 6.45) is 1.03. The number of hydrogen-bond donors (Lipinski definition) is 1. The first kappa shape index (κ1) is 21.5. The number of nitrogens with one attached hydrogen (secondary N) is 1. The van der Waals surface area contributed by atoms with Crippen molar-refractivity contribution in [2.75, 3.05) is 18.4 Å². The second-order valence-corrected chi connectivity index (χ2v) is 11.0. The number of carbonyl (C=O) groups excluding carboxylic acids is 1. The van der Waals surface area contributed by atoms with Gasteiger partial charge in [-0.1, -0.05) is 13.8 Å². The predicted molar refractivity (Wildman–Crippen MR) is 115 cm³/mol. The highest BCUT2D eigenvalue weighted by molar-refractivity contribution is 7.89. The van der Waals surface area contributed by atoms with Gasteiger partial charge in [0.1, 0.15) is 11.1 Å². The number of amides is 1. The van der Waals surface area contributed by atoms with Crippen molar-refractivity contribution in [1.29, 1.82) is 5.26 Å². The van der Waals surface area contributed by atoms with Crippen LogP contribution >= 0.6 is 11.3 Å². The summed E-state index contributed by atoms with van der Waals surface area (Å²) < 4.78 is 27.5. The summed E-state index contributed by atoms with van der Waals surface area (Å²) >= 11 is 1.36. The van der Waals surface area contributed by atoms with Crippen molar-refractivity contribution in [2.45, 2.75) is 39.0 Å². The van der Waals surface area contributed by atoms with Gasteiger partial charge >= 0.3 is 0 Å². The lowest BCUT2D eigenvalue weighted by atomic mass is 9.94. The number of carbonyl (C=O) groups is 1. The van der Waals surface area contributed by atoms with E-state index in [0.29, 0.717) is 41.1 Å². The monoisotopic (exact) mass is 431 g/mol. The van der Waals surface area contributed by atoms with Crippen molar-refractivity contribution in [3.63, 3.8) is 0 Å². The molecule has 1 aromatic heterocycles. The molecular weight excluding hydrogens is 406 g/mol. The molecule has 1 aliphatic rings. The van der Waals surface area contributed by atoms with Crippen LogP contribution in [0.25, 0.3) is 0 Å². The van der Waals surface area contributed by atoms with Gasteiger partial charge in [0.2, 0.25) is 10.0 Å². The molecule has 1 aromatic carbocycles. The molecule has 3 rings (SSSR count). The van der Waals surface area contributed by atoms with Gasteiger partial charge in [0.25, 0.3) is 5.91 Å². The minimum absolute atomic E-state index is 0.191. The summed E-state index contributed by atoms with van der Waals surface area (Å²) in [6, 6.07) is 8.10. The maximum atomic E-state index is 13.0. The molecule has 1 fully saturated rings. The number of thiophene rings is 1. The Morgan fingerprint density at radius 1 is 1.17 bits per heavy atom. The first-order valence-electron chi connectivity index (χ1n) is 9.55. The van der Waals surface area contributed by atoms with Crippen molar-refractivity contribution < 1.29 is 13.2 Å². The van der Waals surface area contributed by atoms with Crippen LogP contribution in [-0.4, -0.2) is 31.7 Å². The molecule has 6 nitrogen and oxygen atoms in total. The van der Waals surface area contributed by atoms with Crippen LogP contribution in [0.2, 0.25) is 0 Å². The number of piperidine rings is 1. The smallest absolute Gasteiger partial charge is 0.256 e. The third-order valence-electron chi connectivity index (χ3n) is 5.31. The van der Waals surface area contributed by atoms with E-state index in [-0.39, 0.29) is 10.8 Å². The van der Waals surface area contributed by atoms with Gasteiger partial charge in [0, 0.05) is 23.5 Å². The van der Waals surface area contributed by atoms with Gasteiger partial charge in [-0.3, -0.25) is 4.79 Å². The average Bonchev–Trinajstić information content (AvgIpc) is 2.93. The molecule has 8 heteroatoms. The Morgan fingerprint density at radius 2 is 1.76 bits per heavy atom. The van der Waals surface area contributed by atoms with E-state index in [1.54, 1.807) is 0 Å². The molecule has 1 saturated heterocycles. The van der Waals surface area contributed by atoms with Gasteiger partial charge in [0.15, 0.2) is 0 Å². The molecule has 29 heavy (non-hydrogen) atoms. The van der Waals surface area contributed by atoms with Crippen molar-refractivity contribution in [2.24, 2.45) is 11.8 Å². The predicted octanol–water partition coefficient (Wildman–Crippen LogP) is 4.16. The third-order valence-corrected chi connectivity index (χ3v) is 8.28. The van der Waals surface area contributed by atoms with Crippen LogP contribution in [-0.2, 0) is 10.0 Å². The highest BCUT2D eigenvalue weighted by atomic mass is 32.2. The molecule has 2 unspecified atom stereocenters. The number of nitrogens with zero attached hydrogens (tertiary/aromatic N) is 2. The Bertz CT molecular complexity index is 1060. The molecule has 2 aromatic rings. The summed E-state index contributed by atoms with van der Waals surface area (Å²) in [5.41, 5.74) is 1.67. The van der Waals surface area contributed by atoms with E-state index in [9.17, 15) is 18.5 Å². The summed E-state index contributed by atoms with van der Waals surface area (Å²) in [6.45, 7) is 8.91. The fraction of sp³-hybridized carbons (Fsp3) is 0.429. The van der Waals surface area contributed by atoms with Gasteiger partial charge in [-0.15, -0.1) is 11.3 Å². The molecule has 0 saturated carbocycles. The van der Waals surface area contributed by atoms with Crippen molar-refractivity contribution >= 4 is 32.3 Å². The largest absolute Gasteiger partial charge is 0.312 e. The van der Waals surface area contributed by atoms with Crippen molar-refractivity contribution in [3.05, 3.63) is 45.8 Å². The van der Waals surface area contributed by atoms with E-state index in [1.807, 2.05) is 13.8 Å². The minimum atomic E-state index is -3.58. The van der Waals surface area contributed by atoms with E-state index < -0.39 is 10.0 Å². The van der Waals surface area contributed by atoms with Crippen LogP contribution in [0, 0.1) is 37.0 Å². The first-order valence-corrected chi connectivity index (χ1v) is 11.8. The maximum absolute atomic E-state index is 13.0. The van der Waals surface area contributed by atoms with Gasteiger partial charge in [0.05, 0.1) is 10.5 Å². The Labute approximate surface area is 176 Å². The van der Waals surface area contributed by atoms with E-state index in [1.165, 1.54) is 39.9 Å². The second kappa shape index (κ2) is 8.27. The molecular formula is C21H25N3O3S2. The molecule has 1 N–H and O–H groups in total. The van der Waals surface area contributed by atoms with Crippen LogP contribution in [0.1, 0.15) is 46.6 Å². The molecule has 0 radical (unpaired) electrons. The van der Waals surface area contributed by atoms with E-state index in [4.69, 9.17) is 0 Å². The lowest BCUT2D eigenvalue weighted by Gasteiger charge is -2.34. The standard InChI is InChI=1S/C21H25N3O3S2/c1-13-9-14(2)12-24(11-13)29(26,27)18-7-5-17(6-8-18)20(25)23-21-19(10-22)15(3)16(4)28-21/h5-8,13-14H,9,11-12H2,1-4H3,(H,23,25). The highest BCUT2D eigenvalue weighted by Crippen LogP contribution is 2.32. The minimum Gasteiger partial charge on any atom is -0.312 e. The van der Waals surface area contributed by atoms with Crippen LogP contribution in [0.5, 0.6) is 0 Å². The zero-order valence-corrected chi connectivity index (χ0v) is 18.7. The van der Waals surface area contributed by atoms with E-state index in [2.05, 4.69) is 25.2 Å². The summed E-state index contributed by atoms with van der Waals surface area (Å²) in [7, 11) is -3.58. The molecule has 2 atom stereocenters. The highest BCUT2D eigenvalue weighted by Gasteiger charge is 2.31. The Kier molecular flexibility index (Phi) is 6.13. The number of rotatable bonds is 4. The Hall–Kier alpha value is -2.21. The summed E-state index contributed by atoms with van der Waals surface area (Å²) in [5, 5.41) is 12.6. The second-order valence-electron chi connectivity index (χ2n) is 7.85. The Morgan fingerprint density at radius 3 is 2.31 bits per heavy atom. The van der Waals surface area contributed by atoms with Gasteiger partial charge < -0.3 is 5.32 Å². The zero-order chi connectivity index (χ0) is 21.3. The van der Waals surface area contributed by atoms with Crippen LogP contribution in [0.15, 0.2) is 29.2 Å². The normalized spacial score (nSPS) is 20.2. The molecule has 154 valence electrons. The quantitative estimate of drug-likeness (QED) is 0.787. The zero-order valence-electron chi connectivity index (χ0n) is 17.0. The molecule has 1 aliphatic heterocycles. The fourth-order valence-corrected chi connectivity index (χ4v) is 6.44. The SMILES string of the molecule is Cc1sc(NC(=O)c2ccc(S(=O)(=O)N3CC(C)CC(C)C3)cc2)c(C#N)c1C. The van der Waals surface area contributed by atoms with E-state index >= 15 is 0 Å². The van der Waals surface area contributed by atoms with Gasteiger partial charge in [-0.05, 0) is 61.9 Å². The number of hydrogen-bond acceptors (Lipinski definition) is 5. The van der Waals surface area contributed by atoms with Crippen molar-refractivity contribution in [3.8, 4) is 6.07 Å². The summed E-state index contributed by atoms with van der Waals surface area (Å²) in [4.78, 5) is 13.7. The first-order chi connectivity index (χ1) is 13.6. The van der Waals surface area contributed by atoms with Crippen LogP contribution in [0.4, 0.5) is 5.00 Å². The lowest BCUT2D eigenvalue weighted by Crippen LogP contribution is -2.42. The molecule has 0 aliphatic carbocycles. The van der Waals surface area contributed by atoms with Crippen LogP contribution < -0.4 is 5.32 Å². The molecule has 2 heterocycles. The van der Waals surface area contributed by atoms with E-state index in [0.717, 1.165) is 16.9 Å². The average molecular weight is 432 g/mol. The summed E-state index contributed by atoms with van der Waals surface area (Å²) in [5.74, 6) is 0.281. The molecule has 0 bridgehead atoms. The third kappa shape index (κ3) is 4.37. The lowest BCUT2D eigenvalue weighted by molar-refractivity contribution is 0.102. The topological polar surface area (TPSA) is 90.3 Å². The maximum Gasteiger partial charge on any atom is 0.256 e. The molecule has 0 spiro atoms. The number of aryl methyl sites for hydroxylation is 1.